The van der Waals surface area contributed by atoms with E-state index < -0.39 is 0 Å². The van der Waals surface area contributed by atoms with Gasteiger partial charge in [-0.15, -0.1) is 0 Å². The lowest BCUT2D eigenvalue weighted by molar-refractivity contribution is 1.36. The molecule has 0 atom stereocenters. The summed E-state index contributed by atoms with van der Waals surface area (Å²) < 4.78 is 0. The smallest absolute Gasteiger partial charge is 0.0996 e. The Labute approximate surface area is 195 Å². The highest BCUT2D eigenvalue weighted by Gasteiger charge is 2.18. The third kappa shape index (κ3) is 2.79. The van der Waals surface area contributed by atoms with E-state index in [9.17, 15) is 0 Å². The minimum atomic E-state index is 0.846. The molecule has 7 aromatic rings. The molecule has 3 aromatic heterocycles. The highest BCUT2D eigenvalue weighted by atomic mass is 14.8. The van der Waals surface area contributed by atoms with Crippen molar-refractivity contribution in [1.82, 2.24) is 19.9 Å². The summed E-state index contributed by atoms with van der Waals surface area (Å²) in [7, 11) is 0. The first-order valence-corrected chi connectivity index (χ1v) is 11.3. The van der Waals surface area contributed by atoms with Crippen LogP contribution in [0, 0.1) is 0 Å². The van der Waals surface area contributed by atoms with Gasteiger partial charge in [-0.2, -0.15) is 0 Å². The monoisotopic (exact) mass is 434 g/mol. The van der Waals surface area contributed by atoms with Crippen molar-refractivity contribution in [3.8, 4) is 22.3 Å². The number of rotatable bonds is 2. The summed E-state index contributed by atoms with van der Waals surface area (Å²) in [6.07, 6.45) is 3.61. The molecule has 0 bridgehead atoms. The summed E-state index contributed by atoms with van der Waals surface area (Å²) in [5.74, 6) is 0. The molecule has 7 rings (SSSR count). The maximum absolute atomic E-state index is 5.29. The molecule has 0 N–H and O–H groups in total. The number of hydrogen-bond acceptors (Lipinski definition) is 4. The van der Waals surface area contributed by atoms with Crippen molar-refractivity contribution in [3.05, 3.63) is 109 Å². The van der Waals surface area contributed by atoms with E-state index in [1.54, 1.807) is 12.4 Å². The minimum absolute atomic E-state index is 0.846. The summed E-state index contributed by atoms with van der Waals surface area (Å²) in [5, 5.41) is 1.92. The third-order valence-corrected chi connectivity index (χ3v) is 6.34. The number of hydrogen-bond donors (Lipinski definition) is 0. The Bertz CT molecular complexity index is 1710. The van der Waals surface area contributed by atoms with Crippen molar-refractivity contribution >= 4 is 43.9 Å². The molecule has 0 aliphatic heterocycles. The van der Waals surface area contributed by atoms with Crippen molar-refractivity contribution in [2.45, 2.75) is 0 Å². The van der Waals surface area contributed by atoms with Crippen LogP contribution in [0.15, 0.2) is 109 Å². The molecule has 0 fully saturated rings. The summed E-state index contributed by atoms with van der Waals surface area (Å²) in [4.78, 5) is 19.9. The first kappa shape index (κ1) is 18.8. The van der Waals surface area contributed by atoms with Crippen molar-refractivity contribution in [1.29, 1.82) is 0 Å². The molecule has 4 aromatic carbocycles. The molecule has 158 valence electrons. The molecule has 0 radical (unpaired) electrons. The van der Waals surface area contributed by atoms with Gasteiger partial charge in [-0.05, 0) is 35.4 Å². The number of nitrogens with zero attached hydrogens (tertiary/aromatic N) is 4. The van der Waals surface area contributed by atoms with Gasteiger partial charge in [0.2, 0.25) is 0 Å². The Kier molecular flexibility index (Phi) is 4.11. The zero-order valence-electron chi connectivity index (χ0n) is 18.2. The Morgan fingerprint density at radius 3 is 1.24 bits per heavy atom. The summed E-state index contributed by atoms with van der Waals surface area (Å²) in [5.41, 5.74) is 9.51. The SMILES string of the molecule is c1ccc(-c2ccc(-c3ccccc3)c3nc4c5cccnc5c5ncccc5c4nc23)cc1. The fourth-order valence-electron chi connectivity index (χ4n) is 4.78. The second-order valence-corrected chi connectivity index (χ2v) is 8.31. The number of benzene rings is 4. The maximum atomic E-state index is 5.29. The molecule has 0 saturated carbocycles. The molecule has 34 heavy (non-hydrogen) atoms. The number of fused-ring (bicyclic) bond motifs is 7. The van der Waals surface area contributed by atoms with Crippen molar-refractivity contribution in [2.24, 2.45) is 0 Å². The Balaban J connectivity index is 1.71. The molecule has 3 heterocycles. The number of pyridine rings is 2. The molecule has 0 saturated heterocycles. The second kappa shape index (κ2) is 7.42. The number of aromatic nitrogens is 4. The molecule has 0 unspecified atom stereocenters. The van der Waals surface area contributed by atoms with Crippen LogP contribution in [-0.4, -0.2) is 19.9 Å². The van der Waals surface area contributed by atoms with Gasteiger partial charge in [-0.1, -0.05) is 72.8 Å². The van der Waals surface area contributed by atoms with E-state index in [-0.39, 0.29) is 0 Å². The molecule has 0 aliphatic carbocycles. The van der Waals surface area contributed by atoms with Crippen LogP contribution < -0.4 is 0 Å². The third-order valence-electron chi connectivity index (χ3n) is 6.34. The lowest BCUT2D eigenvalue weighted by Crippen LogP contribution is -1.96. The molecular formula is C30H18N4. The van der Waals surface area contributed by atoms with Crippen molar-refractivity contribution < 1.29 is 0 Å². The topological polar surface area (TPSA) is 51.6 Å². The van der Waals surface area contributed by atoms with Crippen LogP contribution in [0.3, 0.4) is 0 Å². The fourth-order valence-corrected chi connectivity index (χ4v) is 4.78. The highest BCUT2D eigenvalue weighted by Crippen LogP contribution is 2.38. The standard InChI is InChI=1S/C30H18N4/c1-3-9-19(10-4-1)21-15-16-22(20-11-5-2-6-12-20)28-27(21)33-29-23-13-7-17-31-25(23)26-24(30(29)34-28)14-8-18-32-26/h1-18H. The van der Waals surface area contributed by atoms with Crippen LogP contribution in [0.4, 0.5) is 0 Å². The Morgan fingerprint density at radius 2 is 0.794 bits per heavy atom. The van der Waals surface area contributed by atoms with Crippen molar-refractivity contribution in [2.75, 3.05) is 0 Å². The Morgan fingerprint density at radius 1 is 0.353 bits per heavy atom. The predicted octanol–water partition coefficient (Wildman–Crippen LogP) is 7.21. The summed E-state index contributed by atoms with van der Waals surface area (Å²) in [6.45, 7) is 0. The summed E-state index contributed by atoms with van der Waals surface area (Å²) >= 11 is 0. The normalized spacial score (nSPS) is 11.5. The van der Waals surface area contributed by atoms with E-state index in [2.05, 4.69) is 82.8 Å². The van der Waals surface area contributed by atoms with Crippen LogP contribution in [0.25, 0.3) is 66.1 Å². The second-order valence-electron chi connectivity index (χ2n) is 8.31. The zero-order valence-corrected chi connectivity index (χ0v) is 18.2. The molecule has 4 heteroatoms. The maximum Gasteiger partial charge on any atom is 0.0996 e. The van der Waals surface area contributed by atoms with Crippen LogP contribution in [0.5, 0.6) is 0 Å². The van der Waals surface area contributed by atoms with Crippen molar-refractivity contribution in [3.63, 3.8) is 0 Å². The van der Waals surface area contributed by atoms with Gasteiger partial charge in [0.05, 0.1) is 33.1 Å². The van der Waals surface area contributed by atoms with E-state index in [1.807, 2.05) is 24.3 Å². The van der Waals surface area contributed by atoms with Crippen LogP contribution in [0.2, 0.25) is 0 Å². The molecule has 4 nitrogen and oxygen atoms in total. The van der Waals surface area contributed by atoms with Gasteiger partial charge in [0.25, 0.3) is 0 Å². The fraction of sp³-hybridized carbons (Fsp3) is 0. The molecule has 0 amide bonds. The Hall–Kier alpha value is -4.70. The van der Waals surface area contributed by atoms with E-state index in [1.165, 1.54) is 0 Å². The van der Waals surface area contributed by atoms with Gasteiger partial charge in [0.15, 0.2) is 0 Å². The van der Waals surface area contributed by atoms with E-state index >= 15 is 0 Å². The van der Waals surface area contributed by atoms with Gasteiger partial charge in [0, 0.05) is 34.3 Å². The average molecular weight is 435 g/mol. The molecular weight excluding hydrogens is 416 g/mol. The minimum Gasteiger partial charge on any atom is -0.254 e. The summed E-state index contributed by atoms with van der Waals surface area (Å²) in [6, 6.07) is 33.1. The molecule has 0 aliphatic rings. The highest BCUT2D eigenvalue weighted by molar-refractivity contribution is 6.22. The van der Waals surface area contributed by atoms with Gasteiger partial charge in [0.1, 0.15) is 0 Å². The predicted molar refractivity (Wildman–Crippen MR) is 139 cm³/mol. The van der Waals surface area contributed by atoms with E-state index in [0.717, 1.165) is 66.1 Å². The average Bonchev–Trinajstić information content (AvgIpc) is 2.93. The zero-order chi connectivity index (χ0) is 22.5. The first-order chi connectivity index (χ1) is 16.9. The van der Waals surface area contributed by atoms with Gasteiger partial charge in [-0.3, -0.25) is 9.97 Å². The van der Waals surface area contributed by atoms with E-state index in [4.69, 9.17) is 9.97 Å². The lowest BCUT2D eigenvalue weighted by atomic mass is 9.97. The van der Waals surface area contributed by atoms with Gasteiger partial charge >= 0.3 is 0 Å². The molecule has 0 spiro atoms. The van der Waals surface area contributed by atoms with Crippen LogP contribution >= 0.6 is 0 Å². The van der Waals surface area contributed by atoms with Gasteiger partial charge in [-0.25, -0.2) is 9.97 Å². The quantitative estimate of drug-likeness (QED) is 0.213. The van der Waals surface area contributed by atoms with Crippen LogP contribution in [0.1, 0.15) is 0 Å². The van der Waals surface area contributed by atoms with Crippen LogP contribution in [-0.2, 0) is 0 Å². The van der Waals surface area contributed by atoms with Gasteiger partial charge < -0.3 is 0 Å². The van der Waals surface area contributed by atoms with E-state index in [0.29, 0.717) is 0 Å². The first-order valence-electron chi connectivity index (χ1n) is 11.3. The lowest BCUT2D eigenvalue weighted by Gasteiger charge is -2.14. The largest absolute Gasteiger partial charge is 0.254 e.